The van der Waals surface area contributed by atoms with Crippen LogP contribution in [0.5, 0.6) is 0 Å². The van der Waals surface area contributed by atoms with Crippen LogP contribution in [0.25, 0.3) is 0 Å². The number of rotatable bonds is 5. The molecule has 1 heterocycles. The van der Waals surface area contributed by atoms with Gasteiger partial charge in [-0.1, -0.05) is 12.8 Å². The summed E-state index contributed by atoms with van der Waals surface area (Å²) in [5.74, 6) is 0.351. The summed E-state index contributed by atoms with van der Waals surface area (Å²) in [7, 11) is 4.07. The zero-order valence-electron chi connectivity index (χ0n) is 12.6. The van der Waals surface area contributed by atoms with Gasteiger partial charge in [-0.05, 0) is 46.9 Å². The number of carbonyl (C=O) groups excluding carboxylic acids is 1. The highest BCUT2D eigenvalue weighted by Crippen LogP contribution is 2.35. The lowest BCUT2D eigenvalue weighted by Gasteiger charge is -2.34. The van der Waals surface area contributed by atoms with Crippen LogP contribution in [-0.2, 0) is 17.8 Å². The maximum absolute atomic E-state index is 12.8. The number of carbonyl (C=O) groups is 1. The van der Waals surface area contributed by atoms with Crippen molar-refractivity contribution in [1.82, 2.24) is 14.7 Å². The number of Topliss-reactive ketones (excluding diaryl/α,β-unsaturated/α-hetero) is 1. The van der Waals surface area contributed by atoms with Crippen LogP contribution in [-0.4, -0.2) is 40.1 Å². The van der Waals surface area contributed by atoms with E-state index in [4.69, 9.17) is 0 Å². The van der Waals surface area contributed by atoms with Gasteiger partial charge in [0.1, 0.15) is 0 Å². The van der Waals surface area contributed by atoms with Crippen molar-refractivity contribution in [1.29, 1.82) is 0 Å². The molecule has 0 saturated heterocycles. The highest BCUT2D eigenvalue weighted by molar-refractivity contribution is 5.90. The maximum atomic E-state index is 12.8. The summed E-state index contributed by atoms with van der Waals surface area (Å²) in [6.07, 6.45) is 4.83. The van der Waals surface area contributed by atoms with E-state index in [0.717, 1.165) is 43.6 Å². The molecule has 1 aromatic heterocycles. The van der Waals surface area contributed by atoms with Crippen LogP contribution >= 0.6 is 0 Å². The number of hydrogen-bond donors (Lipinski definition) is 0. The molecule has 0 aliphatic heterocycles. The van der Waals surface area contributed by atoms with Gasteiger partial charge in [0.2, 0.25) is 0 Å². The molecule has 4 heteroatoms. The zero-order chi connectivity index (χ0) is 14.0. The van der Waals surface area contributed by atoms with Gasteiger partial charge in [-0.15, -0.1) is 0 Å². The minimum absolute atomic E-state index is 0.239. The van der Waals surface area contributed by atoms with Crippen molar-refractivity contribution < 1.29 is 4.79 Å². The summed E-state index contributed by atoms with van der Waals surface area (Å²) >= 11 is 0. The Kier molecular flexibility index (Phi) is 4.09. The van der Waals surface area contributed by atoms with Crippen molar-refractivity contribution in [3.63, 3.8) is 0 Å². The molecule has 4 nitrogen and oxygen atoms in total. The minimum atomic E-state index is -0.239. The molecule has 0 radical (unpaired) electrons. The van der Waals surface area contributed by atoms with Gasteiger partial charge < -0.3 is 0 Å². The van der Waals surface area contributed by atoms with Crippen molar-refractivity contribution in [3.05, 3.63) is 17.5 Å². The summed E-state index contributed by atoms with van der Waals surface area (Å²) in [6, 6.07) is 2.04. The van der Waals surface area contributed by atoms with Gasteiger partial charge in [0, 0.05) is 12.2 Å². The first-order chi connectivity index (χ1) is 8.99. The molecule has 19 heavy (non-hydrogen) atoms. The first-order valence-corrected chi connectivity index (χ1v) is 7.23. The van der Waals surface area contributed by atoms with E-state index in [-0.39, 0.29) is 5.54 Å². The van der Waals surface area contributed by atoms with Crippen LogP contribution in [0.4, 0.5) is 0 Å². The van der Waals surface area contributed by atoms with Gasteiger partial charge in [-0.25, -0.2) is 0 Å². The third kappa shape index (κ3) is 2.59. The average Bonchev–Trinajstić information content (AvgIpc) is 2.96. The number of ketones is 1. The average molecular weight is 263 g/mol. The fraction of sp³-hybridized carbons (Fsp3) is 0.733. The molecule has 1 fully saturated rings. The normalized spacial score (nSPS) is 18.2. The first kappa shape index (κ1) is 14.3. The number of hydrogen-bond acceptors (Lipinski definition) is 3. The van der Waals surface area contributed by atoms with Crippen LogP contribution in [0.1, 0.15) is 44.0 Å². The van der Waals surface area contributed by atoms with Crippen LogP contribution in [0.2, 0.25) is 0 Å². The Labute approximate surface area is 115 Å². The van der Waals surface area contributed by atoms with E-state index in [1.165, 1.54) is 0 Å². The van der Waals surface area contributed by atoms with E-state index < -0.39 is 0 Å². The third-order valence-electron chi connectivity index (χ3n) is 4.43. The molecule has 0 amide bonds. The van der Waals surface area contributed by atoms with Crippen molar-refractivity contribution in [2.24, 2.45) is 0 Å². The lowest BCUT2D eigenvalue weighted by Crippen LogP contribution is -2.49. The lowest BCUT2D eigenvalue weighted by molar-refractivity contribution is -0.129. The Morgan fingerprint density at radius 2 is 2.05 bits per heavy atom. The van der Waals surface area contributed by atoms with Gasteiger partial charge in [0.05, 0.1) is 17.7 Å². The van der Waals surface area contributed by atoms with Gasteiger partial charge in [0.15, 0.2) is 5.78 Å². The van der Waals surface area contributed by atoms with Crippen LogP contribution in [0, 0.1) is 6.92 Å². The molecule has 0 bridgehead atoms. The highest BCUT2D eigenvalue weighted by Gasteiger charge is 2.42. The summed E-state index contributed by atoms with van der Waals surface area (Å²) in [6.45, 7) is 4.88. The lowest BCUT2D eigenvalue weighted by atomic mass is 9.88. The molecule has 0 unspecified atom stereocenters. The summed E-state index contributed by atoms with van der Waals surface area (Å²) in [4.78, 5) is 14.9. The molecular formula is C15H25N3O. The molecule has 0 spiro atoms. The van der Waals surface area contributed by atoms with Crippen LogP contribution in [0.15, 0.2) is 6.07 Å². The third-order valence-corrected chi connectivity index (χ3v) is 4.43. The van der Waals surface area contributed by atoms with Crippen molar-refractivity contribution >= 4 is 5.78 Å². The second kappa shape index (κ2) is 5.45. The topological polar surface area (TPSA) is 38.1 Å². The van der Waals surface area contributed by atoms with Gasteiger partial charge in [0.25, 0.3) is 0 Å². The zero-order valence-corrected chi connectivity index (χ0v) is 12.6. The second-order valence-corrected chi connectivity index (χ2v) is 5.83. The summed E-state index contributed by atoms with van der Waals surface area (Å²) in [5, 5.41) is 4.43. The van der Waals surface area contributed by atoms with Crippen molar-refractivity contribution in [2.75, 3.05) is 14.1 Å². The molecule has 0 N–H and O–H groups in total. The molecule has 1 aliphatic rings. The fourth-order valence-electron chi connectivity index (χ4n) is 3.28. The van der Waals surface area contributed by atoms with Crippen molar-refractivity contribution in [2.45, 2.75) is 58.0 Å². The van der Waals surface area contributed by atoms with Crippen LogP contribution < -0.4 is 0 Å². The number of likely N-dealkylation sites (N-methyl/N-ethyl adjacent to an activating group) is 1. The Morgan fingerprint density at radius 3 is 2.58 bits per heavy atom. The molecule has 106 valence electrons. The Morgan fingerprint density at radius 1 is 1.42 bits per heavy atom. The Hall–Kier alpha value is -1.16. The van der Waals surface area contributed by atoms with Gasteiger partial charge in [-0.3, -0.25) is 14.4 Å². The molecule has 1 saturated carbocycles. The van der Waals surface area contributed by atoms with E-state index in [9.17, 15) is 4.79 Å². The Balaban J connectivity index is 2.20. The molecule has 1 aromatic rings. The minimum Gasteiger partial charge on any atom is -0.297 e. The fourth-order valence-corrected chi connectivity index (χ4v) is 3.28. The van der Waals surface area contributed by atoms with Gasteiger partial charge in [-0.2, -0.15) is 5.10 Å². The molecule has 0 aromatic carbocycles. The predicted molar refractivity (Wildman–Crippen MR) is 76.2 cm³/mol. The van der Waals surface area contributed by atoms with Gasteiger partial charge >= 0.3 is 0 Å². The molecule has 1 aliphatic carbocycles. The standard InChI is InChI=1S/C15H25N3O/c1-5-18-13(10-12(2)16-18)11-14(19)15(17(3)4)8-6-7-9-15/h10H,5-9,11H2,1-4H3. The smallest absolute Gasteiger partial charge is 0.158 e. The molecule has 0 atom stereocenters. The summed E-state index contributed by atoms with van der Waals surface area (Å²) in [5.41, 5.74) is 1.81. The van der Waals surface area contributed by atoms with Crippen molar-refractivity contribution in [3.8, 4) is 0 Å². The molecular weight excluding hydrogens is 238 g/mol. The van der Waals surface area contributed by atoms with E-state index in [2.05, 4.69) is 16.9 Å². The van der Waals surface area contributed by atoms with E-state index >= 15 is 0 Å². The summed E-state index contributed by atoms with van der Waals surface area (Å²) < 4.78 is 1.95. The number of nitrogens with zero attached hydrogens (tertiary/aromatic N) is 3. The quantitative estimate of drug-likeness (QED) is 0.817. The van der Waals surface area contributed by atoms with E-state index in [1.54, 1.807) is 0 Å². The van der Waals surface area contributed by atoms with E-state index in [1.807, 2.05) is 31.8 Å². The Bertz CT molecular complexity index is 456. The number of aryl methyl sites for hydroxylation is 2. The van der Waals surface area contributed by atoms with E-state index in [0.29, 0.717) is 12.2 Å². The highest BCUT2D eigenvalue weighted by atomic mass is 16.1. The number of aromatic nitrogens is 2. The van der Waals surface area contributed by atoms with Crippen LogP contribution in [0.3, 0.4) is 0 Å². The largest absolute Gasteiger partial charge is 0.297 e. The predicted octanol–water partition coefficient (Wildman–Crippen LogP) is 2.20. The maximum Gasteiger partial charge on any atom is 0.158 e. The SMILES string of the molecule is CCn1nc(C)cc1CC(=O)C1(N(C)C)CCCC1. The second-order valence-electron chi connectivity index (χ2n) is 5.83. The first-order valence-electron chi connectivity index (χ1n) is 7.23. The monoisotopic (exact) mass is 263 g/mol. The molecule has 2 rings (SSSR count).